The summed E-state index contributed by atoms with van der Waals surface area (Å²) in [7, 11) is 1.74. The van der Waals surface area contributed by atoms with Crippen LogP contribution in [0.4, 0.5) is 0 Å². The van der Waals surface area contributed by atoms with Crippen molar-refractivity contribution in [3.8, 4) is 0 Å². The Hall–Kier alpha value is -1.09. The van der Waals surface area contributed by atoms with Crippen molar-refractivity contribution in [1.29, 1.82) is 0 Å². The van der Waals surface area contributed by atoms with Crippen molar-refractivity contribution >= 4 is 5.78 Å². The summed E-state index contributed by atoms with van der Waals surface area (Å²) in [5.41, 5.74) is 1.02. The zero-order valence-electron chi connectivity index (χ0n) is 7.60. The van der Waals surface area contributed by atoms with Crippen LogP contribution in [0.25, 0.3) is 0 Å². The molecule has 1 heterocycles. The number of ketones is 1. The second kappa shape index (κ2) is 3.54. The maximum Gasteiger partial charge on any atom is 0.211 e. The van der Waals surface area contributed by atoms with Gasteiger partial charge in [-0.2, -0.15) is 0 Å². The molecule has 0 aliphatic rings. The normalized spacial score (nSPS) is 10.2. The minimum Gasteiger partial charge on any atom is -0.458 e. The predicted octanol–water partition coefficient (Wildman–Crippen LogP) is 1.30. The summed E-state index contributed by atoms with van der Waals surface area (Å²) < 4.78 is 5.24. The van der Waals surface area contributed by atoms with Gasteiger partial charge in [-0.25, -0.2) is 0 Å². The fraction of sp³-hybridized carbons (Fsp3) is 0.444. The number of likely N-dealkylation sites (N-methyl/N-ethyl adjacent to an activating group) is 1. The maximum atomic E-state index is 11.3. The molecular weight excluding hydrogens is 154 g/mol. The molecular formula is C9H13NO2. The van der Waals surface area contributed by atoms with E-state index in [0.717, 1.165) is 11.3 Å². The van der Waals surface area contributed by atoms with Crippen molar-refractivity contribution in [2.24, 2.45) is 0 Å². The molecule has 0 aliphatic carbocycles. The predicted molar refractivity (Wildman–Crippen MR) is 46.4 cm³/mol. The molecule has 0 atom stereocenters. The molecule has 0 unspecified atom stereocenters. The minimum atomic E-state index is -0.00583. The smallest absolute Gasteiger partial charge is 0.211 e. The van der Waals surface area contributed by atoms with Crippen LogP contribution in [0.2, 0.25) is 0 Å². The monoisotopic (exact) mass is 167 g/mol. The highest BCUT2D eigenvalue weighted by Gasteiger charge is 2.10. The molecule has 1 rings (SSSR count). The van der Waals surface area contributed by atoms with Gasteiger partial charge in [0.1, 0.15) is 5.76 Å². The van der Waals surface area contributed by atoms with E-state index >= 15 is 0 Å². The van der Waals surface area contributed by atoms with E-state index in [1.54, 1.807) is 13.1 Å². The molecule has 0 aliphatic heterocycles. The third kappa shape index (κ3) is 1.74. The van der Waals surface area contributed by atoms with Gasteiger partial charge in [0, 0.05) is 0 Å². The summed E-state index contributed by atoms with van der Waals surface area (Å²) in [4.78, 5) is 11.3. The van der Waals surface area contributed by atoms with Gasteiger partial charge in [-0.3, -0.25) is 4.79 Å². The van der Waals surface area contributed by atoms with Crippen molar-refractivity contribution in [3.63, 3.8) is 0 Å². The van der Waals surface area contributed by atoms with E-state index in [4.69, 9.17) is 4.42 Å². The van der Waals surface area contributed by atoms with Crippen LogP contribution in [-0.4, -0.2) is 19.4 Å². The van der Waals surface area contributed by atoms with Crippen molar-refractivity contribution in [2.75, 3.05) is 13.6 Å². The minimum absolute atomic E-state index is 0.00583. The molecule has 0 bridgehead atoms. The zero-order chi connectivity index (χ0) is 9.14. The summed E-state index contributed by atoms with van der Waals surface area (Å²) >= 11 is 0. The van der Waals surface area contributed by atoms with Crippen LogP contribution in [0.3, 0.4) is 0 Å². The Balaban J connectivity index is 2.82. The van der Waals surface area contributed by atoms with Crippen LogP contribution < -0.4 is 5.32 Å². The Morgan fingerprint density at radius 3 is 2.67 bits per heavy atom. The van der Waals surface area contributed by atoms with Crippen LogP contribution in [0, 0.1) is 13.8 Å². The van der Waals surface area contributed by atoms with Gasteiger partial charge in [0.25, 0.3) is 0 Å². The van der Waals surface area contributed by atoms with Crippen molar-refractivity contribution < 1.29 is 9.21 Å². The topological polar surface area (TPSA) is 42.2 Å². The lowest BCUT2D eigenvalue weighted by Crippen LogP contribution is -2.17. The largest absolute Gasteiger partial charge is 0.458 e. The number of rotatable bonds is 3. The summed E-state index contributed by atoms with van der Waals surface area (Å²) in [6, 6.07) is 1.77. The summed E-state index contributed by atoms with van der Waals surface area (Å²) in [6.07, 6.45) is 0. The fourth-order valence-corrected chi connectivity index (χ4v) is 0.958. The quantitative estimate of drug-likeness (QED) is 0.690. The van der Waals surface area contributed by atoms with E-state index < -0.39 is 0 Å². The molecule has 0 fully saturated rings. The molecule has 0 aromatic carbocycles. The fourth-order valence-electron chi connectivity index (χ4n) is 0.958. The SMILES string of the molecule is CNCC(=O)c1cc(C)c(C)o1. The Labute approximate surface area is 71.8 Å². The number of nitrogens with one attached hydrogen (secondary N) is 1. The average molecular weight is 167 g/mol. The molecule has 1 N–H and O–H groups in total. The van der Waals surface area contributed by atoms with Crippen LogP contribution >= 0.6 is 0 Å². The lowest BCUT2D eigenvalue weighted by atomic mass is 10.2. The lowest BCUT2D eigenvalue weighted by molar-refractivity contribution is 0.0966. The molecule has 66 valence electrons. The van der Waals surface area contributed by atoms with Gasteiger partial charge in [0.05, 0.1) is 6.54 Å². The second-order valence-electron chi connectivity index (χ2n) is 2.80. The highest BCUT2D eigenvalue weighted by Crippen LogP contribution is 2.12. The first kappa shape index (κ1) is 9.00. The van der Waals surface area contributed by atoms with E-state index in [1.165, 1.54) is 0 Å². The number of furan rings is 1. The van der Waals surface area contributed by atoms with Gasteiger partial charge in [0.15, 0.2) is 5.76 Å². The number of hydrogen-bond acceptors (Lipinski definition) is 3. The van der Waals surface area contributed by atoms with E-state index in [1.807, 2.05) is 13.8 Å². The van der Waals surface area contributed by atoms with Crippen LogP contribution in [0.1, 0.15) is 21.9 Å². The molecule has 3 heteroatoms. The van der Waals surface area contributed by atoms with Gasteiger partial charge in [-0.1, -0.05) is 0 Å². The molecule has 0 amide bonds. The Kier molecular flexibility index (Phi) is 2.65. The molecule has 0 radical (unpaired) electrons. The van der Waals surface area contributed by atoms with E-state index in [0.29, 0.717) is 12.3 Å². The van der Waals surface area contributed by atoms with Gasteiger partial charge in [0.2, 0.25) is 5.78 Å². The Morgan fingerprint density at radius 1 is 1.58 bits per heavy atom. The van der Waals surface area contributed by atoms with Crippen molar-refractivity contribution in [1.82, 2.24) is 5.32 Å². The summed E-state index contributed by atoms with van der Waals surface area (Å²) in [6.45, 7) is 4.10. The molecule has 0 spiro atoms. The van der Waals surface area contributed by atoms with E-state index in [9.17, 15) is 4.79 Å². The average Bonchev–Trinajstić information content (AvgIpc) is 2.33. The van der Waals surface area contributed by atoms with Crippen LogP contribution in [0.15, 0.2) is 10.5 Å². The highest BCUT2D eigenvalue weighted by molar-refractivity contribution is 5.95. The molecule has 0 saturated carbocycles. The molecule has 0 saturated heterocycles. The van der Waals surface area contributed by atoms with Crippen molar-refractivity contribution in [3.05, 3.63) is 23.2 Å². The number of carbonyl (C=O) groups is 1. The van der Waals surface area contributed by atoms with E-state index in [-0.39, 0.29) is 5.78 Å². The Bertz CT molecular complexity index is 269. The van der Waals surface area contributed by atoms with Crippen LogP contribution in [-0.2, 0) is 0 Å². The summed E-state index contributed by atoms with van der Waals surface area (Å²) in [5, 5.41) is 2.79. The standard InChI is InChI=1S/C9H13NO2/c1-6-4-9(12-7(6)2)8(11)5-10-3/h4,10H,5H2,1-3H3. The summed E-state index contributed by atoms with van der Waals surface area (Å²) in [5.74, 6) is 1.25. The molecule has 3 nitrogen and oxygen atoms in total. The van der Waals surface area contributed by atoms with Gasteiger partial charge in [-0.15, -0.1) is 0 Å². The number of aryl methyl sites for hydroxylation is 2. The first-order chi connectivity index (χ1) is 5.65. The first-order valence-electron chi connectivity index (χ1n) is 3.90. The number of Topliss-reactive ketones (excluding diaryl/α,β-unsaturated/α-hetero) is 1. The van der Waals surface area contributed by atoms with Crippen LogP contribution in [0.5, 0.6) is 0 Å². The highest BCUT2D eigenvalue weighted by atomic mass is 16.3. The maximum absolute atomic E-state index is 11.3. The number of carbonyl (C=O) groups excluding carboxylic acids is 1. The first-order valence-corrected chi connectivity index (χ1v) is 3.90. The van der Waals surface area contributed by atoms with Gasteiger partial charge in [-0.05, 0) is 32.5 Å². The zero-order valence-corrected chi connectivity index (χ0v) is 7.60. The third-order valence-corrected chi connectivity index (χ3v) is 1.78. The molecule has 1 aromatic heterocycles. The molecule has 1 aromatic rings. The molecule has 12 heavy (non-hydrogen) atoms. The second-order valence-corrected chi connectivity index (χ2v) is 2.80. The van der Waals surface area contributed by atoms with E-state index in [2.05, 4.69) is 5.32 Å². The van der Waals surface area contributed by atoms with Crippen molar-refractivity contribution in [2.45, 2.75) is 13.8 Å². The van der Waals surface area contributed by atoms with Gasteiger partial charge < -0.3 is 9.73 Å². The lowest BCUT2D eigenvalue weighted by Gasteiger charge is -1.93. The third-order valence-electron chi connectivity index (χ3n) is 1.78. The Morgan fingerprint density at radius 2 is 2.25 bits per heavy atom. The van der Waals surface area contributed by atoms with Gasteiger partial charge >= 0.3 is 0 Å². The number of hydrogen-bond donors (Lipinski definition) is 1.